The van der Waals surface area contributed by atoms with Crippen molar-refractivity contribution in [2.24, 2.45) is 0 Å². The number of esters is 1. The van der Waals surface area contributed by atoms with Crippen molar-refractivity contribution in [3.8, 4) is 22.8 Å². The highest BCUT2D eigenvalue weighted by Crippen LogP contribution is 2.37. The van der Waals surface area contributed by atoms with E-state index in [0.29, 0.717) is 6.07 Å². The lowest BCUT2D eigenvalue weighted by Crippen LogP contribution is -2.16. The number of hydrogen-bond acceptors (Lipinski definition) is 7. The fraction of sp³-hybridized carbons (Fsp3) is 0.143. The maximum absolute atomic E-state index is 14.7. The Morgan fingerprint density at radius 2 is 1.82 bits per heavy atom. The molecule has 1 aromatic heterocycles. The fourth-order valence-electron chi connectivity index (χ4n) is 3.29. The van der Waals surface area contributed by atoms with Crippen LogP contribution in [-0.4, -0.2) is 33.6 Å². The van der Waals surface area contributed by atoms with Crippen molar-refractivity contribution in [1.29, 1.82) is 0 Å². The van der Waals surface area contributed by atoms with Crippen LogP contribution in [-0.2, 0) is 21.4 Å². The quantitative estimate of drug-likeness (QED) is 0.531. The molecular weight excluding hydrogens is 482 g/mol. The minimum atomic E-state index is -4.54. The van der Waals surface area contributed by atoms with Crippen LogP contribution in [0.3, 0.4) is 0 Å². The van der Waals surface area contributed by atoms with Gasteiger partial charge in [-0.2, -0.15) is 0 Å². The molecule has 0 fully saturated rings. The van der Waals surface area contributed by atoms with Crippen LogP contribution >= 0.6 is 11.6 Å². The summed E-state index contributed by atoms with van der Waals surface area (Å²) < 4.78 is 73.0. The molecule has 4 bridgehead atoms. The third-order valence-corrected chi connectivity index (χ3v) is 6.51. The Morgan fingerprint density at radius 1 is 1.06 bits per heavy atom. The lowest BCUT2D eigenvalue weighted by molar-refractivity contribution is 0.0472. The molecule has 1 aliphatic rings. The fourth-order valence-corrected chi connectivity index (χ4v) is 4.92. The molecule has 3 aromatic rings. The normalized spacial score (nSPS) is 14.5. The van der Waals surface area contributed by atoms with Crippen molar-refractivity contribution >= 4 is 33.3 Å². The van der Waals surface area contributed by atoms with Crippen molar-refractivity contribution in [1.82, 2.24) is 4.98 Å². The second-order valence-electron chi connectivity index (χ2n) is 6.87. The minimum absolute atomic E-state index is 0.142. The molecule has 0 aliphatic carbocycles. The van der Waals surface area contributed by atoms with E-state index in [1.807, 2.05) is 0 Å². The SMILES string of the molecule is COc1cc2c(cn1)-c1cc(c(F)cc1F)NS(=O)(=O)c1cc(cc(Cl)c1OC)C(=O)OC2. The third-order valence-electron chi connectivity index (χ3n) is 4.86. The molecule has 2 heterocycles. The Bertz CT molecular complexity index is 1400. The maximum atomic E-state index is 14.7. The Morgan fingerprint density at radius 3 is 2.52 bits per heavy atom. The Hall–Kier alpha value is -3.44. The van der Waals surface area contributed by atoms with E-state index in [9.17, 15) is 22.0 Å². The number of rotatable bonds is 2. The minimum Gasteiger partial charge on any atom is -0.494 e. The van der Waals surface area contributed by atoms with Gasteiger partial charge in [0.05, 0.1) is 30.5 Å². The standard InChI is InChI=1S/C21H15ClF2N2O6S/c1-30-19-5-11-9-32-21(27)10-3-14(22)20(31-2)18(4-10)33(28,29)26-17-6-12(13(11)8-25-19)15(23)7-16(17)24/h3-8,26H,9H2,1-2H3. The number of benzene rings is 2. The highest BCUT2D eigenvalue weighted by Gasteiger charge is 2.28. The number of fused-ring (bicyclic) bond motifs is 6. The predicted octanol–water partition coefficient (Wildman–Crippen LogP) is 4.17. The lowest BCUT2D eigenvalue weighted by Gasteiger charge is -2.15. The first-order valence-corrected chi connectivity index (χ1v) is 11.1. The van der Waals surface area contributed by atoms with Crippen molar-refractivity contribution in [2.45, 2.75) is 11.5 Å². The van der Waals surface area contributed by atoms with E-state index in [-0.39, 0.29) is 45.5 Å². The molecule has 0 unspecified atom stereocenters. The average Bonchev–Trinajstić information content (AvgIpc) is 2.78. The van der Waals surface area contributed by atoms with E-state index in [1.165, 1.54) is 32.5 Å². The monoisotopic (exact) mass is 496 g/mol. The Kier molecular flexibility index (Phi) is 5.85. The molecule has 2 aromatic carbocycles. The summed E-state index contributed by atoms with van der Waals surface area (Å²) in [5.74, 6) is -3.16. The number of aromatic nitrogens is 1. The van der Waals surface area contributed by atoms with Gasteiger partial charge < -0.3 is 14.2 Å². The van der Waals surface area contributed by atoms with Crippen LogP contribution < -0.4 is 14.2 Å². The second-order valence-corrected chi connectivity index (χ2v) is 8.92. The van der Waals surface area contributed by atoms with Crippen LogP contribution in [0.5, 0.6) is 11.6 Å². The Balaban J connectivity index is 2.01. The predicted molar refractivity (Wildman–Crippen MR) is 114 cm³/mol. The summed E-state index contributed by atoms with van der Waals surface area (Å²) >= 11 is 6.13. The third kappa shape index (κ3) is 4.16. The number of halogens is 3. The van der Waals surface area contributed by atoms with Gasteiger partial charge in [-0.15, -0.1) is 0 Å². The number of ether oxygens (including phenoxy) is 3. The zero-order chi connectivity index (χ0) is 23.9. The van der Waals surface area contributed by atoms with Gasteiger partial charge in [-0.1, -0.05) is 11.6 Å². The van der Waals surface area contributed by atoms with Crippen LogP contribution in [0.2, 0.25) is 5.02 Å². The zero-order valence-electron chi connectivity index (χ0n) is 17.1. The molecule has 0 spiro atoms. The van der Waals surface area contributed by atoms with Crippen LogP contribution in [0.15, 0.2) is 41.4 Å². The summed E-state index contributed by atoms with van der Waals surface area (Å²) in [7, 11) is -1.99. The van der Waals surface area contributed by atoms with Crippen molar-refractivity contribution in [3.63, 3.8) is 0 Å². The summed E-state index contributed by atoms with van der Waals surface area (Å²) in [6, 6.07) is 5.10. The molecular formula is C21H15ClF2N2O6S. The Labute approximate surface area is 192 Å². The first kappa shape index (κ1) is 22.7. The van der Waals surface area contributed by atoms with E-state index in [4.69, 9.17) is 25.8 Å². The van der Waals surface area contributed by atoms with Gasteiger partial charge in [-0.3, -0.25) is 4.72 Å². The zero-order valence-corrected chi connectivity index (χ0v) is 18.7. The van der Waals surface area contributed by atoms with Crippen molar-refractivity contribution in [3.05, 3.63) is 64.3 Å². The molecule has 172 valence electrons. The van der Waals surface area contributed by atoms with E-state index < -0.39 is 38.2 Å². The van der Waals surface area contributed by atoms with Crippen molar-refractivity contribution < 1.29 is 36.2 Å². The molecule has 0 saturated carbocycles. The molecule has 0 amide bonds. The molecule has 33 heavy (non-hydrogen) atoms. The van der Waals surface area contributed by atoms with E-state index in [1.54, 1.807) is 0 Å². The number of sulfonamides is 1. The highest BCUT2D eigenvalue weighted by atomic mass is 35.5. The topological polar surface area (TPSA) is 104 Å². The van der Waals surface area contributed by atoms with Gasteiger partial charge >= 0.3 is 5.97 Å². The molecule has 1 aliphatic heterocycles. The van der Waals surface area contributed by atoms with E-state index in [0.717, 1.165) is 12.1 Å². The summed E-state index contributed by atoms with van der Waals surface area (Å²) in [5.41, 5.74) is -0.479. The smallest absolute Gasteiger partial charge is 0.338 e. The van der Waals surface area contributed by atoms with Gasteiger partial charge in [-0.25, -0.2) is 27.0 Å². The van der Waals surface area contributed by atoms with Crippen LogP contribution in [0, 0.1) is 11.6 Å². The molecule has 8 nitrogen and oxygen atoms in total. The average molecular weight is 497 g/mol. The van der Waals surface area contributed by atoms with E-state index in [2.05, 4.69) is 9.71 Å². The number of nitrogens with zero attached hydrogens (tertiary/aromatic N) is 1. The number of nitrogens with one attached hydrogen (secondary N) is 1. The van der Waals surface area contributed by atoms with Crippen LogP contribution in [0.25, 0.3) is 11.1 Å². The van der Waals surface area contributed by atoms with Gasteiger partial charge in [0.25, 0.3) is 10.0 Å². The number of anilines is 1. The maximum Gasteiger partial charge on any atom is 0.338 e. The van der Waals surface area contributed by atoms with Gasteiger partial charge in [0.2, 0.25) is 5.88 Å². The van der Waals surface area contributed by atoms with Crippen molar-refractivity contribution in [2.75, 3.05) is 18.9 Å². The summed E-state index contributed by atoms with van der Waals surface area (Å²) in [6.07, 6.45) is 1.25. The number of hydrogen-bond donors (Lipinski definition) is 1. The van der Waals surface area contributed by atoms with Gasteiger partial charge in [0.1, 0.15) is 23.1 Å². The molecule has 4 rings (SSSR count). The molecule has 0 radical (unpaired) electrons. The summed E-state index contributed by atoms with van der Waals surface area (Å²) in [6.45, 7) is -0.349. The molecule has 12 heteroatoms. The van der Waals surface area contributed by atoms with Gasteiger partial charge in [-0.05, 0) is 18.2 Å². The number of carbonyl (C=O) groups is 1. The molecule has 0 atom stereocenters. The van der Waals surface area contributed by atoms with E-state index >= 15 is 0 Å². The summed E-state index contributed by atoms with van der Waals surface area (Å²) in [5, 5.41) is -0.186. The highest BCUT2D eigenvalue weighted by molar-refractivity contribution is 7.92. The number of pyridine rings is 1. The van der Waals surface area contributed by atoms with Gasteiger partial charge in [0.15, 0.2) is 5.75 Å². The second kappa shape index (κ2) is 8.49. The molecule has 0 saturated heterocycles. The summed E-state index contributed by atoms with van der Waals surface area (Å²) in [4.78, 5) is 16.2. The lowest BCUT2D eigenvalue weighted by atomic mass is 10.0. The number of methoxy groups -OCH3 is 2. The van der Waals surface area contributed by atoms with Crippen LogP contribution in [0.4, 0.5) is 14.5 Å². The number of carbonyl (C=O) groups excluding carboxylic acids is 1. The molecule has 1 N–H and O–H groups in total. The first-order valence-electron chi connectivity index (χ1n) is 9.24. The van der Waals surface area contributed by atoms with Gasteiger partial charge in [0, 0.05) is 35.0 Å². The first-order chi connectivity index (χ1) is 15.6. The van der Waals surface area contributed by atoms with Crippen LogP contribution in [0.1, 0.15) is 15.9 Å². The largest absolute Gasteiger partial charge is 0.494 e. The number of cyclic esters (lactones) is 1.